The van der Waals surface area contributed by atoms with Gasteiger partial charge in [-0.1, -0.05) is 11.3 Å². The van der Waals surface area contributed by atoms with E-state index in [2.05, 4.69) is 10.3 Å². The van der Waals surface area contributed by atoms with E-state index in [4.69, 9.17) is 0 Å². The molecule has 8 heteroatoms. The van der Waals surface area contributed by atoms with Gasteiger partial charge in [0, 0.05) is 30.3 Å². The molecule has 0 radical (unpaired) electrons. The topological polar surface area (TPSA) is 71.2 Å². The second kappa shape index (κ2) is 6.73. The van der Waals surface area contributed by atoms with E-state index in [0.717, 1.165) is 23.3 Å². The van der Waals surface area contributed by atoms with Gasteiger partial charge in [0.1, 0.15) is 17.2 Å². The Kier molecular flexibility index (Phi) is 4.46. The van der Waals surface area contributed by atoms with Crippen molar-refractivity contribution in [2.45, 2.75) is 32.9 Å². The molecule has 1 aliphatic heterocycles. The predicted octanol–water partition coefficient (Wildman–Crippen LogP) is 3.25. The number of aliphatic hydroxyl groups is 1. The zero-order valence-corrected chi connectivity index (χ0v) is 16.3. The van der Waals surface area contributed by atoms with Crippen LogP contribution in [0.25, 0.3) is 16.9 Å². The summed E-state index contributed by atoms with van der Waals surface area (Å²) >= 11 is 0. The number of hydrogen-bond donors (Lipinski definition) is 1. The van der Waals surface area contributed by atoms with E-state index in [1.807, 2.05) is 6.07 Å². The highest BCUT2D eigenvalue weighted by atomic mass is 19.1. The molecule has 2 aromatic carbocycles. The number of hydrogen-bond acceptors (Lipinski definition) is 4. The van der Waals surface area contributed by atoms with Crippen molar-refractivity contribution >= 4 is 5.91 Å². The Labute approximate surface area is 166 Å². The van der Waals surface area contributed by atoms with E-state index < -0.39 is 17.2 Å². The minimum atomic E-state index is -0.987. The van der Waals surface area contributed by atoms with Gasteiger partial charge in [0.05, 0.1) is 11.3 Å². The molecule has 0 spiro atoms. The molecule has 0 saturated heterocycles. The number of carbonyl (C=O) groups excluding carboxylic acids is 1. The summed E-state index contributed by atoms with van der Waals surface area (Å²) in [7, 11) is 0. The fourth-order valence-corrected chi connectivity index (χ4v) is 3.60. The first-order valence-electron chi connectivity index (χ1n) is 9.17. The molecular weight excluding hydrogens is 378 g/mol. The van der Waals surface area contributed by atoms with Crippen molar-refractivity contribution in [3.05, 3.63) is 64.9 Å². The molecule has 1 N–H and O–H groups in total. The summed E-state index contributed by atoms with van der Waals surface area (Å²) in [5.74, 6) is -1.52. The quantitative estimate of drug-likeness (QED) is 0.732. The van der Waals surface area contributed by atoms with Crippen molar-refractivity contribution in [1.82, 2.24) is 19.9 Å². The fraction of sp³-hybridized carbons (Fsp3) is 0.286. The lowest BCUT2D eigenvalue weighted by Gasteiger charge is -2.24. The molecule has 0 bridgehead atoms. The smallest absolute Gasteiger partial charge is 0.254 e. The maximum Gasteiger partial charge on any atom is 0.254 e. The Balaban J connectivity index is 1.68. The number of rotatable bonds is 4. The molecular formula is C21H20F2N4O2. The van der Waals surface area contributed by atoms with Crippen LogP contribution in [0.5, 0.6) is 0 Å². The number of benzene rings is 2. The third-order valence-electron chi connectivity index (χ3n) is 4.87. The van der Waals surface area contributed by atoms with E-state index in [1.54, 1.807) is 37.8 Å². The molecule has 0 atom stereocenters. The lowest BCUT2D eigenvalue weighted by molar-refractivity contribution is 0.0314. The molecule has 1 aliphatic rings. The number of fused-ring (bicyclic) bond motifs is 1. The summed E-state index contributed by atoms with van der Waals surface area (Å²) in [6.07, 6.45) is 0. The number of carbonyl (C=O) groups is 1. The summed E-state index contributed by atoms with van der Waals surface area (Å²) in [5, 5.41) is 18.2. The minimum Gasteiger partial charge on any atom is -0.389 e. The molecule has 150 valence electrons. The Hall–Kier alpha value is -3.13. The molecule has 0 unspecified atom stereocenters. The first kappa shape index (κ1) is 19.2. The normalized spacial score (nSPS) is 13.9. The Morgan fingerprint density at radius 3 is 2.62 bits per heavy atom. The van der Waals surface area contributed by atoms with Crippen molar-refractivity contribution in [3.63, 3.8) is 0 Å². The summed E-state index contributed by atoms with van der Waals surface area (Å²) in [4.78, 5) is 14.2. The zero-order chi connectivity index (χ0) is 20.9. The SMILES string of the molecule is Cc1c(-c2ccc3c(c2)CN(CC(C)(C)O)C3=O)nnn1-c1ccc(F)cc1F. The van der Waals surface area contributed by atoms with Crippen LogP contribution in [0.2, 0.25) is 0 Å². The van der Waals surface area contributed by atoms with Crippen molar-refractivity contribution in [1.29, 1.82) is 0 Å². The van der Waals surface area contributed by atoms with Gasteiger partial charge in [-0.25, -0.2) is 13.5 Å². The zero-order valence-electron chi connectivity index (χ0n) is 16.3. The van der Waals surface area contributed by atoms with Crippen LogP contribution in [0, 0.1) is 18.6 Å². The fourth-order valence-electron chi connectivity index (χ4n) is 3.60. The summed E-state index contributed by atoms with van der Waals surface area (Å²) in [6.45, 7) is 5.69. The van der Waals surface area contributed by atoms with Crippen LogP contribution in [0.1, 0.15) is 35.5 Å². The number of nitrogens with zero attached hydrogens (tertiary/aromatic N) is 4. The average molecular weight is 398 g/mol. The molecule has 0 saturated carbocycles. The molecule has 1 aromatic heterocycles. The van der Waals surface area contributed by atoms with Crippen molar-refractivity contribution in [3.8, 4) is 16.9 Å². The van der Waals surface area contributed by atoms with Crippen molar-refractivity contribution < 1.29 is 18.7 Å². The van der Waals surface area contributed by atoms with Crippen LogP contribution < -0.4 is 0 Å². The first-order valence-corrected chi connectivity index (χ1v) is 9.17. The predicted molar refractivity (Wildman–Crippen MR) is 102 cm³/mol. The number of β-amino-alcohol motifs (C(OH)–C–C–N with tert-alkyl or cyclic N) is 1. The van der Waals surface area contributed by atoms with Gasteiger partial charge in [0.15, 0.2) is 5.82 Å². The van der Waals surface area contributed by atoms with Gasteiger partial charge in [-0.15, -0.1) is 5.10 Å². The van der Waals surface area contributed by atoms with Crippen LogP contribution in [0.3, 0.4) is 0 Å². The first-order chi connectivity index (χ1) is 13.6. The summed E-state index contributed by atoms with van der Waals surface area (Å²) in [6, 6.07) is 8.64. The highest BCUT2D eigenvalue weighted by molar-refractivity contribution is 5.99. The lowest BCUT2D eigenvalue weighted by atomic mass is 10.0. The third-order valence-corrected chi connectivity index (χ3v) is 4.87. The second-order valence-corrected chi connectivity index (χ2v) is 7.88. The van der Waals surface area contributed by atoms with Gasteiger partial charge in [0.2, 0.25) is 0 Å². The van der Waals surface area contributed by atoms with Gasteiger partial charge in [-0.3, -0.25) is 4.79 Å². The van der Waals surface area contributed by atoms with Gasteiger partial charge in [0.25, 0.3) is 5.91 Å². The standard InChI is InChI=1S/C21H20F2N4O2/c1-12-19(24-25-27(12)18-7-5-15(22)9-17(18)23)13-4-6-16-14(8-13)10-26(20(16)28)11-21(2,3)29/h4-9,29H,10-11H2,1-3H3. The Bertz CT molecular complexity index is 1120. The average Bonchev–Trinajstić information content (AvgIpc) is 3.14. The van der Waals surface area contributed by atoms with Gasteiger partial charge < -0.3 is 10.0 Å². The highest BCUT2D eigenvalue weighted by Gasteiger charge is 2.31. The molecule has 0 aliphatic carbocycles. The highest BCUT2D eigenvalue weighted by Crippen LogP contribution is 2.30. The minimum absolute atomic E-state index is 0.107. The Morgan fingerprint density at radius 2 is 1.93 bits per heavy atom. The van der Waals surface area contributed by atoms with E-state index in [1.165, 1.54) is 10.7 Å². The summed E-state index contributed by atoms with van der Waals surface area (Å²) in [5.41, 5.74) is 2.42. The van der Waals surface area contributed by atoms with Crippen molar-refractivity contribution in [2.24, 2.45) is 0 Å². The van der Waals surface area contributed by atoms with Crippen LogP contribution in [-0.4, -0.2) is 43.1 Å². The van der Waals surface area contributed by atoms with E-state index in [9.17, 15) is 18.7 Å². The maximum absolute atomic E-state index is 14.1. The second-order valence-electron chi connectivity index (χ2n) is 7.88. The number of amides is 1. The van der Waals surface area contributed by atoms with Crippen molar-refractivity contribution in [2.75, 3.05) is 6.54 Å². The van der Waals surface area contributed by atoms with Gasteiger partial charge in [-0.05, 0) is 50.6 Å². The summed E-state index contributed by atoms with van der Waals surface area (Å²) < 4.78 is 28.7. The largest absolute Gasteiger partial charge is 0.389 e. The van der Waals surface area contributed by atoms with E-state index in [0.29, 0.717) is 23.5 Å². The maximum atomic E-state index is 14.1. The van der Waals surface area contributed by atoms with Crippen LogP contribution in [-0.2, 0) is 6.54 Å². The molecule has 29 heavy (non-hydrogen) atoms. The molecule has 4 rings (SSSR count). The monoisotopic (exact) mass is 398 g/mol. The molecule has 1 amide bonds. The molecule has 6 nitrogen and oxygen atoms in total. The number of halogens is 2. The lowest BCUT2D eigenvalue weighted by Crippen LogP contribution is -2.38. The Morgan fingerprint density at radius 1 is 1.17 bits per heavy atom. The van der Waals surface area contributed by atoms with E-state index in [-0.39, 0.29) is 18.1 Å². The van der Waals surface area contributed by atoms with Gasteiger partial charge >= 0.3 is 0 Å². The van der Waals surface area contributed by atoms with Crippen LogP contribution >= 0.6 is 0 Å². The van der Waals surface area contributed by atoms with Crippen LogP contribution in [0.15, 0.2) is 36.4 Å². The van der Waals surface area contributed by atoms with Crippen LogP contribution in [0.4, 0.5) is 8.78 Å². The molecule has 0 fully saturated rings. The number of aromatic nitrogens is 3. The van der Waals surface area contributed by atoms with E-state index >= 15 is 0 Å². The third kappa shape index (κ3) is 3.51. The molecule has 3 aromatic rings. The molecule has 2 heterocycles. The van der Waals surface area contributed by atoms with Gasteiger partial charge in [-0.2, -0.15) is 0 Å².